The molecule has 0 radical (unpaired) electrons. The lowest BCUT2D eigenvalue weighted by molar-refractivity contribution is 0.00578. The van der Waals surface area contributed by atoms with Crippen molar-refractivity contribution >= 4 is 24.2 Å². The standard InChI is InChI=1S/C28H34BNO4/c1-27(2)28(3,4)34-29(33-27)23-13-8-12-21(16-23)22-17-24-14-9-15-25(18-22)30(24)26(31)32-19-20-10-6-5-7-11-20/h5-8,10-13,16-17,24-25H,9,14-15,18-19H2,1-4H3. The van der Waals surface area contributed by atoms with E-state index in [0.29, 0.717) is 6.61 Å². The van der Waals surface area contributed by atoms with Crippen molar-refractivity contribution in [3.05, 3.63) is 71.8 Å². The minimum absolute atomic E-state index is 0.0753. The van der Waals surface area contributed by atoms with E-state index in [9.17, 15) is 4.79 Å². The molecule has 0 N–H and O–H groups in total. The predicted octanol–water partition coefficient (Wildman–Crippen LogP) is 5.33. The first-order valence-electron chi connectivity index (χ1n) is 12.4. The lowest BCUT2D eigenvalue weighted by atomic mass is 9.76. The molecule has 0 aliphatic carbocycles. The Morgan fingerprint density at radius 1 is 1.03 bits per heavy atom. The quantitative estimate of drug-likeness (QED) is 0.580. The van der Waals surface area contributed by atoms with Gasteiger partial charge in [0.15, 0.2) is 0 Å². The Morgan fingerprint density at radius 3 is 2.47 bits per heavy atom. The molecule has 5 nitrogen and oxygen atoms in total. The summed E-state index contributed by atoms with van der Waals surface area (Å²) in [5.74, 6) is 0. The molecule has 2 atom stereocenters. The van der Waals surface area contributed by atoms with Gasteiger partial charge in [0.05, 0.1) is 17.2 Å². The molecule has 3 aliphatic heterocycles. The highest BCUT2D eigenvalue weighted by molar-refractivity contribution is 6.62. The molecule has 1 amide bonds. The lowest BCUT2D eigenvalue weighted by Gasteiger charge is -2.44. The van der Waals surface area contributed by atoms with Crippen LogP contribution in [0.4, 0.5) is 4.79 Å². The summed E-state index contributed by atoms with van der Waals surface area (Å²) in [7, 11) is -0.377. The lowest BCUT2D eigenvalue weighted by Crippen LogP contribution is -2.51. The van der Waals surface area contributed by atoms with E-state index in [1.807, 2.05) is 35.2 Å². The SMILES string of the molecule is CC1(C)OB(c2cccc(C3=CC4CCCC(C3)N4C(=O)OCc3ccccc3)c2)OC1(C)C. The van der Waals surface area contributed by atoms with Crippen molar-refractivity contribution in [1.82, 2.24) is 4.90 Å². The third kappa shape index (κ3) is 4.41. The topological polar surface area (TPSA) is 48.0 Å². The number of hydrogen-bond donors (Lipinski definition) is 0. The molecule has 34 heavy (non-hydrogen) atoms. The van der Waals surface area contributed by atoms with E-state index in [1.54, 1.807) is 0 Å². The van der Waals surface area contributed by atoms with Crippen molar-refractivity contribution in [3.63, 3.8) is 0 Å². The Morgan fingerprint density at radius 2 is 1.76 bits per heavy atom. The molecule has 2 aromatic carbocycles. The van der Waals surface area contributed by atoms with E-state index in [2.05, 4.69) is 58.0 Å². The minimum atomic E-state index is -0.377. The highest BCUT2D eigenvalue weighted by Gasteiger charge is 2.51. The third-order valence-electron chi connectivity index (χ3n) is 7.84. The third-order valence-corrected chi connectivity index (χ3v) is 7.84. The van der Waals surface area contributed by atoms with E-state index in [-0.39, 0.29) is 36.5 Å². The first-order valence-corrected chi connectivity index (χ1v) is 12.4. The minimum Gasteiger partial charge on any atom is -0.445 e. The van der Waals surface area contributed by atoms with Crippen molar-refractivity contribution in [2.24, 2.45) is 0 Å². The first kappa shape index (κ1) is 23.2. The molecule has 2 bridgehead atoms. The van der Waals surface area contributed by atoms with Crippen LogP contribution in [0, 0.1) is 0 Å². The number of carbonyl (C=O) groups is 1. The van der Waals surface area contributed by atoms with Crippen molar-refractivity contribution in [3.8, 4) is 0 Å². The van der Waals surface area contributed by atoms with Crippen molar-refractivity contribution < 1.29 is 18.8 Å². The number of piperidine rings is 1. The number of amides is 1. The van der Waals surface area contributed by atoms with E-state index in [0.717, 1.165) is 36.7 Å². The average Bonchev–Trinajstić information content (AvgIpc) is 3.04. The van der Waals surface area contributed by atoms with Gasteiger partial charge in [-0.1, -0.05) is 60.7 Å². The summed E-state index contributed by atoms with van der Waals surface area (Å²) in [5.41, 5.74) is 3.78. The Balaban J connectivity index is 1.33. The van der Waals surface area contributed by atoms with Gasteiger partial charge in [-0.3, -0.25) is 4.90 Å². The van der Waals surface area contributed by atoms with Gasteiger partial charge in [-0.25, -0.2) is 4.79 Å². The first-order chi connectivity index (χ1) is 16.2. The summed E-state index contributed by atoms with van der Waals surface area (Å²) in [6, 6.07) is 18.6. The van der Waals surface area contributed by atoms with Crippen molar-refractivity contribution in [2.75, 3.05) is 0 Å². The van der Waals surface area contributed by atoms with Crippen LogP contribution in [0.1, 0.15) is 64.5 Å². The average molecular weight is 459 g/mol. The van der Waals surface area contributed by atoms with Gasteiger partial charge in [0.1, 0.15) is 6.61 Å². The summed E-state index contributed by atoms with van der Waals surface area (Å²) >= 11 is 0. The molecule has 3 heterocycles. The molecule has 0 aromatic heterocycles. The van der Waals surface area contributed by atoms with Crippen molar-refractivity contribution in [1.29, 1.82) is 0 Å². The maximum Gasteiger partial charge on any atom is 0.494 e. The Kier molecular flexibility index (Phi) is 6.07. The van der Waals surface area contributed by atoms with E-state index < -0.39 is 0 Å². The zero-order valence-corrected chi connectivity index (χ0v) is 20.6. The van der Waals surface area contributed by atoms with Crippen LogP contribution >= 0.6 is 0 Å². The number of fused-ring (bicyclic) bond motifs is 2. The fraction of sp³-hybridized carbons (Fsp3) is 0.464. The molecule has 2 saturated heterocycles. The summed E-state index contributed by atoms with van der Waals surface area (Å²) in [6.45, 7) is 8.61. The van der Waals surface area contributed by atoms with Gasteiger partial charge in [0.25, 0.3) is 0 Å². The molecule has 3 aliphatic rings. The molecule has 2 unspecified atom stereocenters. The molecule has 0 saturated carbocycles. The fourth-order valence-corrected chi connectivity index (χ4v) is 5.19. The van der Waals surface area contributed by atoms with E-state index in [4.69, 9.17) is 14.0 Å². The second kappa shape index (κ2) is 8.90. The van der Waals surface area contributed by atoms with Gasteiger partial charge in [0.2, 0.25) is 0 Å². The number of nitrogens with zero attached hydrogens (tertiary/aromatic N) is 1. The van der Waals surface area contributed by atoms with E-state index >= 15 is 0 Å². The number of carbonyl (C=O) groups excluding carboxylic acids is 1. The molecular formula is C28H34BNO4. The zero-order valence-electron chi connectivity index (χ0n) is 20.6. The van der Waals surface area contributed by atoms with Gasteiger partial charge in [-0.15, -0.1) is 0 Å². The second-order valence-corrected chi connectivity index (χ2v) is 10.7. The normalized spacial score (nSPS) is 25.1. The number of hydrogen-bond acceptors (Lipinski definition) is 4. The van der Waals surface area contributed by atoms with Gasteiger partial charge in [-0.2, -0.15) is 0 Å². The largest absolute Gasteiger partial charge is 0.494 e. The van der Waals surface area contributed by atoms with E-state index in [1.165, 1.54) is 11.1 Å². The zero-order chi connectivity index (χ0) is 23.9. The van der Waals surface area contributed by atoms with Crippen LogP contribution in [0.15, 0.2) is 60.7 Å². The summed E-state index contributed by atoms with van der Waals surface area (Å²) in [5, 5.41) is 0. The molecule has 6 heteroatoms. The monoisotopic (exact) mass is 459 g/mol. The molecule has 2 fully saturated rings. The van der Waals surface area contributed by atoms with Gasteiger partial charge in [0, 0.05) is 6.04 Å². The Labute approximate surface area is 203 Å². The molecule has 5 rings (SSSR count). The second-order valence-electron chi connectivity index (χ2n) is 10.7. The summed E-state index contributed by atoms with van der Waals surface area (Å²) in [4.78, 5) is 15.0. The molecule has 178 valence electrons. The van der Waals surface area contributed by atoms with Gasteiger partial charge >= 0.3 is 13.2 Å². The van der Waals surface area contributed by atoms with Crippen LogP contribution in [0.3, 0.4) is 0 Å². The molecule has 2 aromatic rings. The van der Waals surface area contributed by atoms with Crippen LogP contribution in [0.2, 0.25) is 0 Å². The fourth-order valence-electron chi connectivity index (χ4n) is 5.19. The Hall–Kier alpha value is -2.57. The predicted molar refractivity (Wildman–Crippen MR) is 135 cm³/mol. The van der Waals surface area contributed by atoms with Crippen LogP contribution in [-0.4, -0.2) is 41.4 Å². The van der Waals surface area contributed by atoms with Crippen LogP contribution < -0.4 is 5.46 Å². The molecule has 0 spiro atoms. The van der Waals surface area contributed by atoms with Gasteiger partial charge in [-0.05, 0) is 75.5 Å². The highest BCUT2D eigenvalue weighted by Crippen LogP contribution is 2.39. The maximum absolute atomic E-state index is 13.0. The maximum atomic E-state index is 13.0. The molecular weight excluding hydrogens is 425 g/mol. The van der Waals surface area contributed by atoms with Crippen LogP contribution in [0.25, 0.3) is 5.57 Å². The number of ether oxygens (including phenoxy) is 1. The summed E-state index contributed by atoms with van der Waals surface area (Å²) in [6.07, 6.45) is 6.00. The number of rotatable bonds is 4. The summed E-state index contributed by atoms with van der Waals surface area (Å²) < 4.78 is 18.2. The van der Waals surface area contributed by atoms with Crippen LogP contribution in [0.5, 0.6) is 0 Å². The van der Waals surface area contributed by atoms with Crippen molar-refractivity contribution in [2.45, 2.75) is 83.3 Å². The van der Waals surface area contributed by atoms with Crippen LogP contribution in [-0.2, 0) is 20.7 Å². The van der Waals surface area contributed by atoms with Gasteiger partial charge < -0.3 is 14.0 Å². The highest BCUT2D eigenvalue weighted by atomic mass is 16.7. The smallest absolute Gasteiger partial charge is 0.445 e. The Bertz CT molecular complexity index is 1060. The number of benzene rings is 2.